The van der Waals surface area contributed by atoms with Crippen molar-refractivity contribution in [3.05, 3.63) is 22.4 Å². The lowest BCUT2D eigenvalue weighted by Gasteiger charge is -2.31. The number of hydrogen-bond acceptors (Lipinski definition) is 2. The molecule has 0 bridgehead atoms. The minimum atomic E-state index is 0. The summed E-state index contributed by atoms with van der Waals surface area (Å²) in [6.45, 7) is 5.10. The Bertz CT molecular complexity index is 351. The fourth-order valence-corrected chi connectivity index (χ4v) is 2.71. The number of thiophene rings is 1. The average Bonchev–Trinajstić information content (AvgIpc) is 2.78. The highest BCUT2D eigenvalue weighted by Crippen LogP contribution is 2.15. The van der Waals surface area contributed by atoms with Crippen LogP contribution in [0.4, 0.5) is 0 Å². The van der Waals surface area contributed by atoms with E-state index >= 15 is 0 Å². The number of aliphatic imine (C=N–C) groups is 1. The van der Waals surface area contributed by atoms with Gasteiger partial charge in [-0.1, -0.05) is 6.92 Å². The summed E-state index contributed by atoms with van der Waals surface area (Å²) in [6, 6.07) is 2.10. The quantitative estimate of drug-likeness (QED) is 0.498. The van der Waals surface area contributed by atoms with E-state index in [0.29, 0.717) is 12.5 Å². The maximum atomic E-state index is 6.01. The van der Waals surface area contributed by atoms with Crippen molar-refractivity contribution in [2.45, 2.75) is 26.3 Å². The third kappa shape index (κ3) is 4.46. The minimum absolute atomic E-state index is 0. The molecular formula is C12H20IN3S. The van der Waals surface area contributed by atoms with Crippen LogP contribution in [0.1, 0.15) is 25.3 Å². The molecule has 1 saturated heterocycles. The van der Waals surface area contributed by atoms with Gasteiger partial charge in [0.1, 0.15) is 0 Å². The van der Waals surface area contributed by atoms with Gasteiger partial charge in [-0.15, -0.1) is 24.0 Å². The van der Waals surface area contributed by atoms with E-state index in [1.807, 2.05) is 0 Å². The van der Waals surface area contributed by atoms with Gasteiger partial charge in [-0.2, -0.15) is 11.3 Å². The van der Waals surface area contributed by atoms with Gasteiger partial charge in [-0.05, 0) is 41.1 Å². The van der Waals surface area contributed by atoms with E-state index < -0.39 is 0 Å². The zero-order valence-electron chi connectivity index (χ0n) is 10.1. The second kappa shape index (κ2) is 7.20. The third-order valence-electron chi connectivity index (χ3n) is 2.98. The molecule has 2 rings (SSSR count). The van der Waals surface area contributed by atoms with Gasteiger partial charge in [0.05, 0.1) is 6.54 Å². The first-order chi connectivity index (χ1) is 7.75. The molecule has 1 aliphatic rings. The van der Waals surface area contributed by atoms with Crippen LogP contribution in [0.5, 0.6) is 0 Å². The Morgan fingerprint density at radius 1 is 1.65 bits per heavy atom. The molecule has 2 heterocycles. The SMILES string of the molecule is CC1CCCN(C(N)=NCc2ccsc2)C1.I. The van der Waals surface area contributed by atoms with E-state index in [1.54, 1.807) is 11.3 Å². The van der Waals surface area contributed by atoms with E-state index in [4.69, 9.17) is 5.73 Å². The second-order valence-corrected chi connectivity index (χ2v) is 5.28. The van der Waals surface area contributed by atoms with Gasteiger partial charge in [0.25, 0.3) is 0 Å². The number of nitrogens with two attached hydrogens (primary N) is 1. The smallest absolute Gasteiger partial charge is 0.191 e. The normalized spacial score (nSPS) is 21.1. The zero-order chi connectivity index (χ0) is 11.4. The number of nitrogens with zero attached hydrogens (tertiary/aromatic N) is 2. The summed E-state index contributed by atoms with van der Waals surface area (Å²) in [4.78, 5) is 6.66. The van der Waals surface area contributed by atoms with Crippen LogP contribution in [-0.4, -0.2) is 23.9 Å². The molecule has 17 heavy (non-hydrogen) atoms. The maximum absolute atomic E-state index is 6.01. The van der Waals surface area contributed by atoms with Crippen molar-refractivity contribution in [3.8, 4) is 0 Å². The van der Waals surface area contributed by atoms with Gasteiger partial charge < -0.3 is 10.6 Å². The zero-order valence-corrected chi connectivity index (χ0v) is 13.3. The second-order valence-electron chi connectivity index (χ2n) is 4.50. The topological polar surface area (TPSA) is 41.6 Å². The lowest BCUT2D eigenvalue weighted by molar-refractivity contribution is 0.270. The van der Waals surface area contributed by atoms with Crippen molar-refractivity contribution in [2.75, 3.05) is 13.1 Å². The summed E-state index contributed by atoms with van der Waals surface area (Å²) >= 11 is 1.70. The van der Waals surface area contributed by atoms with Gasteiger partial charge in [-0.3, -0.25) is 0 Å². The van der Waals surface area contributed by atoms with Crippen LogP contribution >= 0.6 is 35.3 Å². The molecular weight excluding hydrogens is 345 g/mol. The number of guanidine groups is 1. The van der Waals surface area contributed by atoms with Gasteiger partial charge in [-0.25, -0.2) is 4.99 Å². The lowest BCUT2D eigenvalue weighted by atomic mass is 10.0. The summed E-state index contributed by atoms with van der Waals surface area (Å²) in [5.41, 5.74) is 7.25. The molecule has 1 unspecified atom stereocenters. The molecule has 0 saturated carbocycles. The molecule has 0 spiro atoms. The van der Waals surface area contributed by atoms with E-state index in [0.717, 1.165) is 19.0 Å². The number of rotatable bonds is 2. The molecule has 1 aromatic rings. The molecule has 0 aromatic carbocycles. The average molecular weight is 365 g/mol. The van der Waals surface area contributed by atoms with Crippen molar-refractivity contribution in [3.63, 3.8) is 0 Å². The maximum Gasteiger partial charge on any atom is 0.191 e. The van der Waals surface area contributed by atoms with Crippen molar-refractivity contribution in [2.24, 2.45) is 16.6 Å². The Hall–Kier alpha value is -0.300. The standard InChI is InChI=1S/C12H19N3S.HI/c1-10-3-2-5-15(8-10)12(13)14-7-11-4-6-16-9-11;/h4,6,9-10H,2-3,5,7-8H2,1H3,(H2,13,14);1H. The van der Waals surface area contributed by atoms with E-state index in [9.17, 15) is 0 Å². The van der Waals surface area contributed by atoms with Crippen LogP contribution in [0.2, 0.25) is 0 Å². The number of likely N-dealkylation sites (tertiary alicyclic amines) is 1. The molecule has 0 aliphatic carbocycles. The summed E-state index contributed by atoms with van der Waals surface area (Å²) in [6.07, 6.45) is 2.55. The lowest BCUT2D eigenvalue weighted by Crippen LogP contribution is -2.43. The molecule has 5 heteroatoms. The Morgan fingerprint density at radius 3 is 3.12 bits per heavy atom. The Kier molecular flexibility index (Phi) is 6.26. The van der Waals surface area contributed by atoms with Crippen LogP contribution in [-0.2, 0) is 6.54 Å². The first kappa shape index (κ1) is 14.8. The van der Waals surface area contributed by atoms with Crippen molar-refractivity contribution in [1.29, 1.82) is 0 Å². The monoisotopic (exact) mass is 365 g/mol. The van der Waals surface area contributed by atoms with Crippen molar-refractivity contribution in [1.82, 2.24) is 4.90 Å². The minimum Gasteiger partial charge on any atom is -0.370 e. The predicted molar refractivity (Wildman–Crippen MR) is 85.0 cm³/mol. The van der Waals surface area contributed by atoms with Gasteiger partial charge in [0.2, 0.25) is 0 Å². The molecule has 1 atom stereocenters. The molecule has 96 valence electrons. The molecule has 0 amide bonds. The van der Waals surface area contributed by atoms with Gasteiger partial charge >= 0.3 is 0 Å². The van der Waals surface area contributed by atoms with Crippen molar-refractivity contribution < 1.29 is 0 Å². The Morgan fingerprint density at radius 2 is 2.47 bits per heavy atom. The first-order valence-electron chi connectivity index (χ1n) is 5.81. The van der Waals surface area contributed by atoms with E-state index in [-0.39, 0.29) is 24.0 Å². The number of piperidine rings is 1. The van der Waals surface area contributed by atoms with Gasteiger partial charge in [0, 0.05) is 13.1 Å². The number of halogens is 1. The molecule has 1 aliphatic heterocycles. The van der Waals surface area contributed by atoms with Crippen LogP contribution in [0.3, 0.4) is 0 Å². The Labute approximate surface area is 124 Å². The van der Waals surface area contributed by atoms with Crippen molar-refractivity contribution >= 4 is 41.3 Å². The molecule has 3 nitrogen and oxygen atoms in total. The van der Waals surface area contributed by atoms with Gasteiger partial charge in [0.15, 0.2) is 5.96 Å². The summed E-state index contributed by atoms with van der Waals surface area (Å²) in [7, 11) is 0. The third-order valence-corrected chi connectivity index (χ3v) is 3.72. The summed E-state index contributed by atoms with van der Waals surface area (Å²) < 4.78 is 0. The predicted octanol–water partition coefficient (Wildman–Crippen LogP) is 2.91. The van der Waals surface area contributed by atoms with Crippen LogP contribution < -0.4 is 5.73 Å². The van der Waals surface area contributed by atoms with Crippen LogP contribution in [0.25, 0.3) is 0 Å². The fourth-order valence-electron chi connectivity index (χ4n) is 2.05. The highest BCUT2D eigenvalue weighted by molar-refractivity contribution is 14.0. The first-order valence-corrected chi connectivity index (χ1v) is 6.76. The largest absolute Gasteiger partial charge is 0.370 e. The molecule has 2 N–H and O–H groups in total. The molecule has 1 fully saturated rings. The highest BCUT2D eigenvalue weighted by atomic mass is 127. The van der Waals surface area contributed by atoms with E-state index in [2.05, 4.69) is 33.6 Å². The fraction of sp³-hybridized carbons (Fsp3) is 0.583. The van der Waals surface area contributed by atoms with Crippen LogP contribution in [0.15, 0.2) is 21.8 Å². The number of hydrogen-bond donors (Lipinski definition) is 1. The molecule has 1 aromatic heterocycles. The Balaban J connectivity index is 0.00000144. The van der Waals surface area contributed by atoms with E-state index in [1.165, 1.54) is 18.4 Å². The van der Waals surface area contributed by atoms with Crippen LogP contribution in [0, 0.1) is 5.92 Å². The summed E-state index contributed by atoms with van der Waals surface area (Å²) in [5.74, 6) is 1.45. The summed E-state index contributed by atoms with van der Waals surface area (Å²) in [5, 5.41) is 4.19. The highest BCUT2D eigenvalue weighted by Gasteiger charge is 2.17. The molecule has 0 radical (unpaired) electrons.